The van der Waals surface area contributed by atoms with Crippen molar-refractivity contribution in [3.05, 3.63) is 35.4 Å². The quantitative estimate of drug-likeness (QED) is 0.702. The van der Waals surface area contributed by atoms with Crippen LogP contribution >= 0.6 is 12.4 Å². The van der Waals surface area contributed by atoms with Gasteiger partial charge in [0.2, 0.25) is 5.91 Å². The third kappa shape index (κ3) is 1.21. The van der Waals surface area contributed by atoms with Crippen LogP contribution in [-0.2, 0) is 11.3 Å². The van der Waals surface area contributed by atoms with Gasteiger partial charge in [-0.3, -0.25) is 10.2 Å². The molecular formula is C10H11ClN2O. The Balaban J connectivity index is 0.000000750. The molecule has 2 heterocycles. The molecule has 1 fully saturated rings. The molecule has 74 valence electrons. The largest absolute Gasteiger partial charge is 0.288 e. The van der Waals surface area contributed by atoms with E-state index in [1.54, 1.807) is 0 Å². The van der Waals surface area contributed by atoms with Crippen molar-refractivity contribution in [2.24, 2.45) is 0 Å². The fourth-order valence-electron chi connectivity index (χ4n) is 2.18. The van der Waals surface area contributed by atoms with Gasteiger partial charge in [0.15, 0.2) is 0 Å². The maximum Gasteiger partial charge on any atom is 0.236 e. The molecule has 1 aromatic carbocycles. The Labute approximate surface area is 88.5 Å². The number of hydrogen-bond donors (Lipinski definition) is 1. The second-order valence-electron chi connectivity index (χ2n) is 3.58. The van der Waals surface area contributed by atoms with Gasteiger partial charge in [0.1, 0.15) is 0 Å². The van der Waals surface area contributed by atoms with E-state index in [1.807, 2.05) is 17.1 Å². The van der Waals surface area contributed by atoms with Gasteiger partial charge in [-0.1, -0.05) is 24.3 Å². The summed E-state index contributed by atoms with van der Waals surface area (Å²) in [6.45, 7) is 0.854. The second kappa shape index (κ2) is 3.26. The zero-order valence-corrected chi connectivity index (χ0v) is 8.38. The lowest BCUT2D eigenvalue weighted by atomic mass is 10.0. The van der Waals surface area contributed by atoms with Crippen molar-refractivity contribution in [1.82, 2.24) is 10.4 Å². The Morgan fingerprint density at radius 2 is 2.14 bits per heavy atom. The number of benzene rings is 1. The molecule has 1 atom stereocenters. The van der Waals surface area contributed by atoms with Crippen LogP contribution in [-0.4, -0.2) is 10.9 Å². The Morgan fingerprint density at radius 3 is 3.00 bits per heavy atom. The molecule has 3 rings (SSSR count). The van der Waals surface area contributed by atoms with E-state index in [9.17, 15) is 4.79 Å². The molecule has 2 aliphatic heterocycles. The average molecular weight is 211 g/mol. The number of hydrazine groups is 1. The summed E-state index contributed by atoms with van der Waals surface area (Å²) >= 11 is 0. The topological polar surface area (TPSA) is 32.3 Å². The molecule has 1 saturated heterocycles. The molecule has 1 aromatic rings. The highest BCUT2D eigenvalue weighted by atomic mass is 35.5. The van der Waals surface area contributed by atoms with E-state index < -0.39 is 0 Å². The molecule has 2 aliphatic rings. The van der Waals surface area contributed by atoms with Crippen LogP contribution in [0.1, 0.15) is 23.6 Å². The Kier molecular flexibility index (Phi) is 2.21. The molecule has 0 aromatic heterocycles. The summed E-state index contributed by atoms with van der Waals surface area (Å²) < 4.78 is 0. The lowest BCUT2D eigenvalue weighted by Gasteiger charge is -2.12. The zero-order valence-electron chi connectivity index (χ0n) is 7.56. The van der Waals surface area contributed by atoms with E-state index in [4.69, 9.17) is 0 Å². The van der Waals surface area contributed by atoms with Gasteiger partial charge in [-0.05, 0) is 11.1 Å². The van der Waals surface area contributed by atoms with E-state index in [-0.39, 0.29) is 24.4 Å². The normalized spacial score (nSPS) is 23.7. The second-order valence-corrected chi connectivity index (χ2v) is 3.58. The number of rotatable bonds is 0. The van der Waals surface area contributed by atoms with Gasteiger partial charge in [-0.25, -0.2) is 5.01 Å². The monoisotopic (exact) mass is 210 g/mol. The van der Waals surface area contributed by atoms with Crippen LogP contribution in [0, 0.1) is 0 Å². The first kappa shape index (κ1) is 9.49. The fourth-order valence-corrected chi connectivity index (χ4v) is 2.18. The van der Waals surface area contributed by atoms with Crippen molar-refractivity contribution in [2.45, 2.75) is 19.0 Å². The number of hydrogen-bond acceptors (Lipinski definition) is 2. The Bertz CT molecular complexity index is 380. The lowest BCUT2D eigenvalue weighted by molar-refractivity contribution is -0.121. The van der Waals surface area contributed by atoms with Gasteiger partial charge < -0.3 is 0 Å². The van der Waals surface area contributed by atoms with E-state index in [0.717, 1.165) is 6.54 Å². The van der Waals surface area contributed by atoms with E-state index >= 15 is 0 Å². The first-order valence-corrected chi connectivity index (χ1v) is 4.48. The van der Waals surface area contributed by atoms with Crippen LogP contribution in [0.15, 0.2) is 24.3 Å². The summed E-state index contributed by atoms with van der Waals surface area (Å²) in [5.41, 5.74) is 5.50. The molecule has 1 amide bonds. The molecule has 0 radical (unpaired) electrons. The summed E-state index contributed by atoms with van der Waals surface area (Å²) in [5, 5.41) is 2.02. The molecule has 0 saturated carbocycles. The third-order valence-electron chi connectivity index (χ3n) is 2.78. The van der Waals surface area contributed by atoms with Gasteiger partial charge in [0.05, 0.1) is 6.04 Å². The minimum Gasteiger partial charge on any atom is -0.288 e. The van der Waals surface area contributed by atoms with Crippen molar-refractivity contribution in [1.29, 1.82) is 0 Å². The van der Waals surface area contributed by atoms with Crippen molar-refractivity contribution < 1.29 is 4.79 Å². The number of halogens is 1. The third-order valence-corrected chi connectivity index (χ3v) is 2.78. The molecule has 1 unspecified atom stereocenters. The van der Waals surface area contributed by atoms with Crippen LogP contribution in [0.5, 0.6) is 0 Å². The minimum absolute atomic E-state index is 0. The predicted molar refractivity (Wildman–Crippen MR) is 54.7 cm³/mol. The minimum atomic E-state index is 0. The molecule has 1 N–H and O–H groups in total. The Hall–Kier alpha value is -1.06. The molecule has 0 aliphatic carbocycles. The summed E-state index contributed by atoms with van der Waals surface area (Å²) in [7, 11) is 0. The van der Waals surface area contributed by atoms with Crippen molar-refractivity contribution >= 4 is 18.3 Å². The van der Waals surface area contributed by atoms with Crippen molar-refractivity contribution in [3.63, 3.8) is 0 Å². The van der Waals surface area contributed by atoms with Crippen molar-refractivity contribution in [2.75, 3.05) is 0 Å². The standard InChI is InChI=1S/C10H10N2O.ClH/c13-10-5-9-8-4-2-1-3-7(8)6-12(9)11-10;/h1-4,9H,5-6H2,(H,11,13);1H. The van der Waals surface area contributed by atoms with Gasteiger partial charge in [0.25, 0.3) is 0 Å². The first-order chi connectivity index (χ1) is 6.34. The number of carbonyl (C=O) groups excluding carboxylic acids is 1. The van der Waals surface area contributed by atoms with Crippen LogP contribution in [0.4, 0.5) is 0 Å². The maximum atomic E-state index is 11.1. The SMILES string of the molecule is Cl.O=C1CC2c3ccccc3CN2N1. The molecule has 0 spiro atoms. The van der Waals surface area contributed by atoms with Gasteiger partial charge in [-0.15, -0.1) is 12.4 Å². The summed E-state index contributed by atoms with van der Waals surface area (Å²) in [5.74, 6) is 0.138. The number of amides is 1. The average Bonchev–Trinajstić information content (AvgIpc) is 2.60. The summed E-state index contributed by atoms with van der Waals surface area (Å²) in [4.78, 5) is 11.1. The smallest absolute Gasteiger partial charge is 0.236 e. The fraction of sp³-hybridized carbons (Fsp3) is 0.300. The van der Waals surface area contributed by atoms with Gasteiger partial charge in [0, 0.05) is 13.0 Å². The van der Waals surface area contributed by atoms with Crippen molar-refractivity contribution in [3.8, 4) is 0 Å². The predicted octanol–water partition coefficient (Wildman–Crippen LogP) is 1.40. The molecule has 0 bridgehead atoms. The van der Waals surface area contributed by atoms with Crippen LogP contribution < -0.4 is 5.43 Å². The van der Waals surface area contributed by atoms with Gasteiger partial charge >= 0.3 is 0 Å². The molecule has 3 nitrogen and oxygen atoms in total. The number of nitrogens with zero attached hydrogens (tertiary/aromatic N) is 1. The highest BCUT2D eigenvalue weighted by Gasteiger charge is 2.37. The Morgan fingerprint density at radius 1 is 1.36 bits per heavy atom. The first-order valence-electron chi connectivity index (χ1n) is 4.48. The van der Waals surface area contributed by atoms with E-state index in [0.29, 0.717) is 6.42 Å². The van der Waals surface area contributed by atoms with Gasteiger partial charge in [-0.2, -0.15) is 0 Å². The van der Waals surface area contributed by atoms with E-state index in [2.05, 4.69) is 17.6 Å². The summed E-state index contributed by atoms with van der Waals surface area (Å²) in [6, 6.07) is 8.59. The maximum absolute atomic E-state index is 11.1. The highest BCUT2D eigenvalue weighted by Crippen LogP contribution is 2.37. The van der Waals surface area contributed by atoms with Crippen LogP contribution in [0.2, 0.25) is 0 Å². The number of carbonyl (C=O) groups is 1. The number of nitrogens with one attached hydrogen (secondary N) is 1. The molecular weight excluding hydrogens is 200 g/mol. The molecule has 14 heavy (non-hydrogen) atoms. The highest BCUT2D eigenvalue weighted by molar-refractivity contribution is 5.85. The lowest BCUT2D eigenvalue weighted by Crippen LogP contribution is -2.30. The van der Waals surface area contributed by atoms with E-state index in [1.165, 1.54) is 11.1 Å². The van der Waals surface area contributed by atoms with Crippen LogP contribution in [0.3, 0.4) is 0 Å². The summed E-state index contributed by atoms with van der Waals surface area (Å²) in [6.07, 6.45) is 0.608. The number of fused-ring (bicyclic) bond motifs is 3. The molecule has 4 heteroatoms. The van der Waals surface area contributed by atoms with Crippen LogP contribution in [0.25, 0.3) is 0 Å². The zero-order chi connectivity index (χ0) is 8.84.